The quantitative estimate of drug-likeness (QED) is 0.465. The van der Waals surface area contributed by atoms with Crippen LogP contribution in [-0.4, -0.2) is 0 Å². The molecule has 0 N–H and O–H groups in total. The van der Waals surface area contributed by atoms with Crippen LogP contribution in [0.4, 0.5) is 0 Å². The van der Waals surface area contributed by atoms with Gasteiger partial charge in [-0.05, 0) is 30.1 Å². The summed E-state index contributed by atoms with van der Waals surface area (Å²) in [7, 11) is 0. The van der Waals surface area contributed by atoms with Crippen molar-refractivity contribution in [1.29, 1.82) is 0 Å². The molecule has 0 spiro atoms. The molecule has 0 saturated heterocycles. The van der Waals surface area contributed by atoms with Crippen LogP contribution in [0.5, 0.6) is 0 Å². The van der Waals surface area contributed by atoms with Gasteiger partial charge in [0.2, 0.25) is 0 Å². The topological polar surface area (TPSA) is 0 Å². The van der Waals surface area contributed by atoms with E-state index in [4.69, 9.17) is 0 Å². The molecule has 2 atom stereocenters. The van der Waals surface area contributed by atoms with E-state index >= 15 is 0 Å². The molecule has 0 aromatic carbocycles. The van der Waals surface area contributed by atoms with Crippen LogP contribution in [0, 0.1) is 17.3 Å². The number of hydrogen-bond acceptors (Lipinski definition) is 0. The minimum absolute atomic E-state index is 0.624. The molecule has 0 heterocycles. The largest absolute Gasteiger partial charge is 0.0851 e. The van der Waals surface area contributed by atoms with Gasteiger partial charge in [0, 0.05) is 0 Å². The van der Waals surface area contributed by atoms with Crippen LogP contribution in [0.25, 0.3) is 0 Å². The zero-order chi connectivity index (χ0) is 8.48. The zero-order valence-corrected chi connectivity index (χ0v) is 8.22. The van der Waals surface area contributed by atoms with E-state index in [-0.39, 0.29) is 0 Å². The molecule has 11 heavy (non-hydrogen) atoms. The molecule has 0 aliphatic heterocycles. The summed E-state index contributed by atoms with van der Waals surface area (Å²) in [6.07, 6.45) is 7.67. The zero-order valence-electron chi connectivity index (χ0n) is 8.22. The van der Waals surface area contributed by atoms with Crippen molar-refractivity contribution in [3.63, 3.8) is 0 Å². The number of hydrogen-bond donors (Lipinski definition) is 0. The summed E-state index contributed by atoms with van der Waals surface area (Å²) in [5.41, 5.74) is 0.624. The normalized spacial score (nSPS) is 36.7. The first-order valence-corrected chi connectivity index (χ1v) is 4.87. The number of fused-ring (bicyclic) bond motifs is 2. The fraction of sp³-hybridized carbons (Fsp3) is 0.818. The Hall–Kier alpha value is -0.260. The van der Waals surface area contributed by atoms with Crippen LogP contribution in [-0.2, 0) is 0 Å². The van der Waals surface area contributed by atoms with Crippen molar-refractivity contribution in [1.82, 2.24) is 0 Å². The highest BCUT2D eigenvalue weighted by Crippen LogP contribution is 2.51. The van der Waals surface area contributed by atoms with Gasteiger partial charge in [-0.15, -0.1) is 0 Å². The van der Waals surface area contributed by atoms with Crippen LogP contribution < -0.4 is 0 Å². The van der Waals surface area contributed by atoms with Crippen LogP contribution in [0.1, 0.15) is 40.5 Å². The average Bonchev–Trinajstić information content (AvgIpc) is 2.49. The molecule has 2 aliphatic rings. The fourth-order valence-corrected chi connectivity index (χ4v) is 2.33. The van der Waals surface area contributed by atoms with Crippen molar-refractivity contribution in [2.45, 2.75) is 40.5 Å². The SMILES string of the molecule is CC.CC1(C)CC2C=CC1C2. The minimum atomic E-state index is 0.624. The molecule has 2 unspecified atom stereocenters. The van der Waals surface area contributed by atoms with E-state index in [0.717, 1.165) is 11.8 Å². The van der Waals surface area contributed by atoms with E-state index in [2.05, 4.69) is 26.0 Å². The summed E-state index contributed by atoms with van der Waals surface area (Å²) in [5.74, 6) is 1.84. The summed E-state index contributed by atoms with van der Waals surface area (Å²) in [6, 6.07) is 0. The first-order chi connectivity index (χ1) is 5.18. The van der Waals surface area contributed by atoms with Crippen molar-refractivity contribution < 1.29 is 0 Å². The predicted octanol–water partition coefficient (Wildman–Crippen LogP) is 3.63. The summed E-state index contributed by atoms with van der Waals surface area (Å²) in [6.45, 7) is 8.78. The predicted molar refractivity (Wildman–Crippen MR) is 50.5 cm³/mol. The summed E-state index contributed by atoms with van der Waals surface area (Å²) in [4.78, 5) is 0. The molecular formula is C11H20. The lowest BCUT2D eigenvalue weighted by Crippen LogP contribution is -2.16. The highest BCUT2D eigenvalue weighted by atomic mass is 14.5. The van der Waals surface area contributed by atoms with Gasteiger partial charge in [-0.1, -0.05) is 39.8 Å². The Morgan fingerprint density at radius 1 is 1.18 bits per heavy atom. The summed E-state index contributed by atoms with van der Waals surface area (Å²) in [5, 5.41) is 0. The van der Waals surface area contributed by atoms with E-state index in [9.17, 15) is 0 Å². The standard InChI is InChI=1S/C9H14.C2H6/c1-9(2)6-7-3-4-8(9)5-7;1-2/h3-4,7-8H,5-6H2,1-2H3;1-2H3. The van der Waals surface area contributed by atoms with Gasteiger partial charge in [0.05, 0.1) is 0 Å². The molecule has 2 rings (SSSR count). The van der Waals surface area contributed by atoms with E-state index in [1.807, 2.05) is 13.8 Å². The average molecular weight is 152 g/mol. The first kappa shape index (κ1) is 8.83. The lowest BCUT2D eigenvalue weighted by molar-refractivity contribution is 0.299. The van der Waals surface area contributed by atoms with E-state index in [0.29, 0.717) is 5.41 Å². The lowest BCUT2D eigenvalue weighted by Gasteiger charge is -2.25. The third kappa shape index (κ3) is 1.50. The van der Waals surface area contributed by atoms with Gasteiger partial charge >= 0.3 is 0 Å². The molecule has 2 bridgehead atoms. The van der Waals surface area contributed by atoms with Gasteiger partial charge in [-0.25, -0.2) is 0 Å². The molecule has 0 heteroatoms. The Bertz CT molecular complexity index is 153. The van der Waals surface area contributed by atoms with Gasteiger partial charge in [-0.2, -0.15) is 0 Å². The van der Waals surface area contributed by atoms with Gasteiger partial charge < -0.3 is 0 Å². The van der Waals surface area contributed by atoms with Crippen molar-refractivity contribution in [3.8, 4) is 0 Å². The maximum Gasteiger partial charge on any atom is -0.0176 e. The van der Waals surface area contributed by atoms with Crippen molar-refractivity contribution in [2.75, 3.05) is 0 Å². The molecular weight excluding hydrogens is 132 g/mol. The van der Waals surface area contributed by atoms with E-state index < -0.39 is 0 Å². The maximum atomic E-state index is 2.41. The minimum Gasteiger partial charge on any atom is -0.0851 e. The van der Waals surface area contributed by atoms with E-state index in [1.54, 1.807) is 0 Å². The molecule has 0 amide bonds. The summed E-state index contributed by atoms with van der Waals surface area (Å²) >= 11 is 0. The van der Waals surface area contributed by atoms with Gasteiger partial charge in [0.25, 0.3) is 0 Å². The second-order valence-electron chi connectivity index (χ2n) is 4.18. The van der Waals surface area contributed by atoms with E-state index in [1.165, 1.54) is 12.8 Å². The molecule has 0 radical (unpaired) electrons. The Morgan fingerprint density at radius 2 is 1.82 bits per heavy atom. The fourth-order valence-electron chi connectivity index (χ4n) is 2.33. The highest BCUT2D eigenvalue weighted by Gasteiger charge is 2.41. The lowest BCUT2D eigenvalue weighted by atomic mass is 9.80. The van der Waals surface area contributed by atoms with Crippen LogP contribution in [0.3, 0.4) is 0 Å². The van der Waals surface area contributed by atoms with Gasteiger partial charge in [-0.3, -0.25) is 0 Å². The second kappa shape index (κ2) is 3.00. The highest BCUT2D eigenvalue weighted by molar-refractivity contribution is 5.13. The molecule has 0 aromatic rings. The monoisotopic (exact) mass is 152 g/mol. The Morgan fingerprint density at radius 3 is 2.00 bits per heavy atom. The third-order valence-electron chi connectivity index (χ3n) is 2.96. The molecule has 0 aromatic heterocycles. The molecule has 64 valence electrons. The summed E-state index contributed by atoms with van der Waals surface area (Å²) < 4.78 is 0. The van der Waals surface area contributed by atoms with Gasteiger partial charge in [0.1, 0.15) is 0 Å². The molecule has 1 fully saturated rings. The van der Waals surface area contributed by atoms with Crippen LogP contribution >= 0.6 is 0 Å². The van der Waals surface area contributed by atoms with Crippen LogP contribution in [0.2, 0.25) is 0 Å². The third-order valence-corrected chi connectivity index (χ3v) is 2.96. The maximum absolute atomic E-state index is 2.41. The molecule has 0 nitrogen and oxygen atoms in total. The number of rotatable bonds is 0. The van der Waals surface area contributed by atoms with Crippen molar-refractivity contribution in [3.05, 3.63) is 12.2 Å². The Balaban J connectivity index is 0.000000281. The van der Waals surface area contributed by atoms with Crippen molar-refractivity contribution in [2.24, 2.45) is 17.3 Å². The molecule has 2 aliphatic carbocycles. The Labute approximate surface area is 70.7 Å². The molecule has 1 saturated carbocycles. The Kier molecular flexibility index (Phi) is 2.41. The van der Waals surface area contributed by atoms with Gasteiger partial charge in [0.15, 0.2) is 0 Å². The van der Waals surface area contributed by atoms with Crippen LogP contribution in [0.15, 0.2) is 12.2 Å². The number of allylic oxidation sites excluding steroid dienone is 2. The first-order valence-electron chi connectivity index (χ1n) is 4.87. The smallest absolute Gasteiger partial charge is 0.0176 e. The second-order valence-corrected chi connectivity index (χ2v) is 4.18. The van der Waals surface area contributed by atoms with Crippen molar-refractivity contribution >= 4 is 0 Å².